The van der Waals surface area contributed by atoms with E-state index in [1.807, 2.05) is 60.7 Å². The van der Waals surface area contributed by atoms with Gasteiger partial charge in [-0.1, -0.05) is 60.1 Å². The summed E-state index contributed by atoms with van der Waals surface area (Å²) in [5.74, 6) is -0.538. The van der Waals surface area contributed by atoms with Gasteiger partial charge in [-0.05, 0) is 30.3 Å². The third-order valence-corrected chi connectivity index (χ3v) is 4.88. The number of carbonyl (C=O) groups excluding carboxylic acids is 2. The quantitative estimate of drug-likeness (QED) is 0.445. The lowest BCUT2D eigenvalue weighted by Crippen LogP contribution is -2.13. The summed E-state index contributed by atoms with van der Waals surface area (Å²) in [6.07, 6.45) is 1.71. The summed E-state index contributed by atoms with van der Waals surface area (Å²) in [4.78, 5) is 24.4. The van der Waals surface area contributed by atoms with Crippen molar-refractivity contribution in [2.24, 2.45) is 0 Å². The highest BCUT2D eigenvalue weighted by Crippen LogP contribution is 2.28. The second-order valence-electron chi connectivity index (χ2n) is 6.87. The minimum Gasteiger partial charge on any atom is -0.325 e. The number of benzene rings is 3. The molecule has 0 saturated carbocycles. The number of halogens is 1. The molecule has 1 aromatic heterocycles. The highest BCUT2D eigenvalue weighted by molar-refractivity contribution is 6.34. The smallest absolute Gasteiger partial charge is 0.259 e. The van der Waals surface area contributed by atoms with Gasteiger partial charge in [-0.3, -0.25) is 9.59 Å². The van der Waals surface area contributed by atoms with Crippen molar-refractivity contribution in [3.05, 3.63) is 95.6 Å². The Morgan fingerprint density at radius 1 is 0.903 bits per heavy atom. The molecular formula is C24H19ClN4O2. The topological polar surface area (TPSA) is 76.0 Å². The molecule has 4 rings (SSSR count). The zero-order valence-corrected chi connectivity index (χ0v) is 17.4. The Morgan fingerprint density at radius 2 is 1.58 bits per heavy atom. The van der Waals surface area contributed by atoms with E-state index in [9.17, 15) is 9.59 Å². The van der Waals surface area contributed by atoms with Gasteiger partial charge in [0.2, 0.25) is 5.91 Å². The molecule has 3 aromatic carbocycles. The van der Waals surface area contributed by atoms with Gasteiger partial charge in [0, 0.05) is 24.4 Å². The lowest BCUT2D eigenvalue weighted by molar-refractivity contribution is -0.114. The fourth-order valence-corrected chi connectivity index (χ4v) is 3.37. The summed E-state index contributed by atoms with van der Waals surface area (Å²) in [6.45, 7) is 1.40. The molecule has 0 spiro atoms. The zero-order chi connectivity index (χ0) is 21.8. The van der Waals surface area contributed by atoms with E-state index in [0.717, 1.165) is 11.3 Å². The predicted octanol–water partition coefficient (Wildman–Crippen LogP) is 5.40. The Bertz CT molecular complexity index is 1240. The second kappa shape index (κ2) is 8.85. The van der Waals surface area contributed by atoms with E-state index in [0.29, 0.717) is 27.7 Å². The van der Waals surface area contributed by atoms with E-state index in [1.165, 1.54) is 6.92 Å². The number of hydrogen-bond acceptors (Lipinski definition) is 3. The highest BCUT2D eigenvalue weighted by Gasteiger charge is 2.19. The Kier molecular flexibility index (Phi) is 5.82. The van der Waals surface area contributed by atoms with Gasteiger partial charge in [0.1, 0.15) is 5.69 Å². The lowest BCUT2D eigenvalue weighted by Gasteiger charge is -2.09. The highest BCUT2D eigenvalue weighted by atomic mass is 35.5. The van der Waals surface area contributed by atoms with Crippen LogP contribution in [0.5, 0.6) is 0 Å². The van der Waals surface area contributed by atoms with Crippen molar-refractivity contribution in [2.75, 3.05) is 10.6 Å². The minimum absolute atomic E-state index is 0.223. The molecule has 31 heavy (non-hydrogen) atoms. The van der Waals surface area contributed by atoms with Crippen LogP contribution in [0, 0.1) is 0 Å². The molecule has 2 amide bonds. The number of nitrogens with zero attached hydrogens (tertiary/aromatic N) is 2. The Hall–Kier alpha value is -3.90. The van der Waals surface area contributed by atoms with E-state index in [1.54, 1.807) is 29.1 Å². The van der Waals surface area contributed by atoms with Gasteiger partial charge in [0.05, 0.1) is 22.0 Å². The van der Waals surface area contributed by atoms with Crippen molar-refractivity contribution in [1.29, 1.82) is 0 Å². The molecule has 0 aliphatic heterocycles. The Morgan fingerprint density at radius 3 is 2.23 bits per heavy atom. The van der Waals surface area contributed by atoms with Crippen molar-refractivity contribution >= 4 is 34.8 Å². The molecule has 0 fully saturated rings. The molecule has 154 valence electrons. The summed E-state index contributed by atoms with van der Waals surface area (Å²) in [5.41, 5.74) is 3.67. The normalized spacial score (nSPS) is 10.5. The van der Waals surface area contributed by atoms with Gasteiger partial charge in [-0.2, -0.15) is 5.10 Å². The molecule has 2 N–H and O–H groups in total. The van der Waals surface area contributed by atoms with E-state index in [-0.39, 0.29) is 11.8 Å². The van der Waals surface area contributed by atoms with Gasteiger partial charge in [0.15, 0.2) is 0 Å². The number of amides is 2. The van der Waals surface area contributed by atoms with Gasteiger partial charge in [0.25, 0.3) is 5.91 Å². The monoisotopic (exact) mass is 430 g/mol. The molecule has 0 aliphatic rings. The third kappa shape index (κ3) is 4.65. The van der Waals surface area contributed by atoms with Crippen LogP contribution in [0.25, 0.3) is 16.9 Å². The summed E-state index contributed by atoms with van der Waals surface area (Å²) in [5, 5.41) is 10.5. The van der Waals surface area contributed by atoms with Gasteiger partial charge >= 0.3 is 0 Å². The summed E-state index contributed by atoms with van der Waals surface area (Å²) in [7, 11) is 0. The lowest BCUT2D eigenvalue weighted by atomic mass is 10.1. The summed E-state index contributed by atoms with van der Waals surface area (Å²) < 4.78 is 1.68. The first kappa shape index (κ1) is 20.4. The van der Waals surface area contributed by atoms with Crippen LogP contribution < -0.4 is 10.6 Å². The Labute approximate surface area is 184 Å². The molecular weight excluding hydrogens is 412 g/mol. The minimum atomic E-state index is -0.315. The zero-order valence-electron chi connectivity index (χ0n) is 16.7. The van der Waals surface area contributed by atoms with Crippen LogP contribution in [0.4, 0.5) is 11.4 Å². The van der Waals surface area contributed by atoms with E-state index >= 15 is 0 Å². The number of rotatable bonds is 5. The van der Waals surface area contributed by atoms with Crippen LogP contribution in [-0.2, 0) is 4.79 Å². The largest absolute Gasteiger partial charge is 0.325 e. The maximum absolute atomic E-state index is 13.1. The van der Waals surface area contributed by atoms with Crippen LogP contribution in [0.3, 0.4) is 0 Å². The maximum Gasteiger partial charge on any atom is 0.259 e. The number of carbonyl (C=O) groups is 2. The Balaban J connectivity index is 1.68. The average molecular weight is 431 g/mol. The standard InChI is InChI=1S/C24H19ClN4O2/c1-16(30)26-22-13-12-18(14-21(22)25)27-24(31)20-15-29(19-10-6-3-7-11-19)28-23(20)17-8-4-2-5-9-17/h2-15H,1H3,(H,26,30)(H,27,31). The van der Waals surface area contributed by atoms with Crippen molar-refractivity contribution in [3.63, 3.8) is 0 Å². The first-order valence-corrected chi connectivity index (χ1v) is 9.98. The molecule has 1 heterocycles. The van der Waals surface area contributed by atoms with Crippen LogP contribution in [0.1, 0.15) is 17.3 Å². The molecule has 0 radical (unpaired) electrons. The second-order valence-corrected chi connectivity index (χ2v) is 7.27. The number of nitrogens with one attached hydrogen (secondary N) is 2. The molecule has 0 bridgehead atoms. The van der Waals surface area contributed by atoms with Gasteiger partial charge < -0.3 is 10.6 Å². The van der Waals surface area contributed by atoms with Crippen molar-refractivity contribution in [2.45, 2.75) is 6.92 Å². The molecule has 0 unspecified atom stereocenters. The van der Waals surface area contributed by atoms with E-state index in [4.69, 9.17) is 11.6 Å². The molecule has 7 heteroatoms. The van der Waals surface area contributed by atoms with Crippen LogP contribution in [-0.4, -0.2) is 21.6 Å². The van der Waals surface area contributed by atoms with Crippen LogP contribution in [0.15, 0.2) is 85.1 Å². The van der Waals surface area contributed by atoms with Crippen molar-refractivity contribution < 1.29 is 9.59 Å². The predicted molar refractivity (Wildman–Crippen MR) is 123 cm³/mol. The van der Waals surface area contributed by atoms with Crippen LogP contribution in [0.2, 0.25) is 5.02 Å². The summed E-state index contributed by atoms with van der Waals surface area (Å²) >= 11 is 6.23. The number of hydrogen-bond donors (Lipinski definition) is 2. The average Bonchev–Trinajstić information content (AvgIpc) is 3.22. The fourth-order valence-electron chi connectivity index (χ4n) is 3.14. The third-order valence-electron chi connectivity index (χ3n) is 4.56. The number of aromatic nitrogens is 2. The molecule has 4 aromatic rings. The van der Waals surface area contributed by atoms with Crippen LogP contribution >= 0.6 is 11.6 Å². The van der Waals surface area contributed by atoms with E-state index < -0.39 is 0 Å². The molecule has 6 nitrogen and oxygen atoms in total. The number of anilines is 2. The number of para-hydroxylation sites is 1. The molecule has 0 saturated heterocycles. The fraction of sp³-hybridized carbons (Fsp3) is 0.0417. The van der Waals surface area contributed by atoms with Gasteiger partial charge in [-0.25, -0.2) is 4.68 Å². The van der Waals surface area contributed by atoms with E-state index in [2.05, 4.69) is 15.7 Å². The molecule has 0 atom stereocenters. The maximum atomic E-state index is 13.1. The SMILES string of the molecule is CC(=O)Nc1ccc(NC(=O)c2cn(-c3ccccc3)nc2-c2ccccc2)cc1Cl. The first-order valence-electron chi connectivity index (χ1n) is 9.60. The van der Waals surface area contributed by atoms with Gasteiger partial charge in [-0.15, -0.1) is 0 Å². The first-order chi connectivity index (χ1) is 15.0. The molecule has 0 aliphatic carbocycles. The van der Waals surface area contributed by atoms with Crippen molar-refractivity contribution in [3.8, 4) is 16.9 Å². The van der Waals surface area contributed by atoms with Crippen molar-refractivity contribution in [1.82, 2.24) is 9.78 Å². The summed E-state index contributed by atoms with van der Waals surface area (Å²) in [6, 6.07) is 24.0.